The van der Waals surface area contributed by atoms with Gasteiger partial charge in [-0.1, -0.05) is 5.16 Å². The highest BCUT2D eigenvalue weighted by atomic mass is 16.5. The number of hydrogen-bond acceptors (Lipinski definition) is 5. The number of aromatic nitrogens is 3. The monoisotopic (exact) mass is 314 g/mol. The fourth-order valence-electron chi connectivity index (χ4n) is 2.38. The molecule has 0 unspecified atom stereocenters. The van der Waals surface area contributed by atoms with E-state index in [1.807, 2.05) is 26.0 Å². The Kier molecular flexibility index (Phi) is 4.01. The molecule has 3 rings (SSSR count). The topological polar surface area (TPSA) is 86.1 Å². The molecule has 0 aliphatic heterocycles. The van der Waals surface area contributed by atoms with Gasteiger partial charge in [0.25, 0.3) is 0 Å². The first-order valence-corrected chi connectivity index (χ1v) is 7.31. The van der Waals surface area contributed by atoms with Gasteiger partial charge in [-0.3, -0.25) is 4.79 Å². The first-order valence-electron chi connectivity index (χ1n) is 7.31. The highest BCUT2D eigenvalue weighted by Crippen LogP contribution is 2.16. The molecule has 7 heteroatoms. The van der Waals surface area contributed by atoms with E-state index in [0.717, 1.165) is 22.8 Å². The van der Waals surface area contributed by atoms with Crippen molar-refractivity contribution in [1.82, 2.24) is 14.9 Å². The number of rotatable bonds is 5. The van der Waals surface area contributed by atoms with Crippen molar-refractivity contribution < 1.29 is 13.7 Å². The molecular weight excluding hydrogens is 296 g/mol. The van der Waals surface area contributed by atoms with Gasteiger partial charge in [0.15, 0.2) is 0 Å². The average Bonchev–Trinajstić information content (AvgIpc) is 3.18. The maximum atomic E-state index is 12.2. The quantitative estimate of drug-likeness (QED) is 0.782. The zero-order chi connectivity index (χ0) is 16.4. The summed E-state index contributed by atoms with van der Waals surface area (Å²) in [5, 5.41) is 10.9. The lowest BCUT2D eigenvalue weighted by Gasteiger charge is -2.08. The molecule has 0 spiro atoms. The maximum Gasteiger partial charge on any atom is 0.230 e. The summed E-state index contributed by atoms with van der Waals surface area (Å²) in [7, 11) is 0. The van der Waals surface area contributed by atoms with Crippen LogP contribution in [-0.4, -0.2) is 20.8 Å². The van der Waals surface area contributed by atoms with Crippen molar-refractivity contribution in [3.63, 3.8) is 0 Å². The zero-order valence-corrected chi connectivity index (χ0v) is 13.3. The Labute approximate surface area is 133 Å². The minimum Gasteiger partial charge on any atom is -0.464 e. The van der Waals surface area contributed by atoms with Crippen LogP contribution in [0.2, 0.25) is 0 Å². The van der Waals surface area contributed by atoms with Crippen LogP contribution in [0.25, 0.3) is 0 Å². The Hall–Kier alpha value is -2.83. The van der Waals surface area contributed by atoms with E-state index < -0.39 is 0 Å². The van der Waals surface area contributed by atoms with Crippen LogP contribution in [0, 0.1) is 20.8 Å². The van der Waals surface area contributed by atoms with E-state index in [1.54, 1.807) is 23.9 Å². The van der Waals surface area contributed by atoms with Crippen molar-refractivity contribution in [2.75, 3.05) is 5.32 Å². The summed E-state index contributed by atoms with van der Waals surface area (Å²) in [6.45, 7) is 5.97. The standard InChI is InChI=1S/C16H18N4O3/c1-10-4-5-13(22-10)9-20-15(6-7-17-20)18-16(21)8-14-11(2)19-23-12(14)3/h4-7H,8-9H2,1-3H3,(H,18,21). The third-order valence-corrected chi connectivity index (χ3v) is 3.60. The van der Waals surface area contributed by atoms with Gasteiger partial charge in [0.2, 0.25) is 5.91 Å². The first-order chi connectivity index (χ1) is 11.0. The van der Waals surface area contributed by atoms with Crippen molar-refractivity contribution in [1.29, 1.82) is 0 Å². The van der Waals surface area contributed by atoms with Crippen molar-refractivity contribution in [3.8, 4) is 0 Å². The fourth-order valence-corrected chi connectivity index (χ4v) is 2.38. The molecule has 3 aromatic rings. The van der Waals surface area contributed by atoms with Gasteiger partial charge < -0.3 is 14.3 Å². The van der Waals surface area contributed by atoms with Crippen LogP contribution >= 0.6 is 0 Å². The summed E-state index contributed by atoms with van der Waals surface area (Å²) in [6, 6.07) is 5.54. The molecule has 0 aromatic carbocycles. The molecule has 0 radical (unpaired) electrons. The number of carbonyl (C=O) groups is 1. The van der Waals surface area contributed by atoms with Gasteiger partial charge in [-0.25, -0.2) is 4.68 Å². The largest absolute Gasteiger partial charge is 0.464 e. The molecule has 7 nitrogen and oxygen atoms in total. The number of nitrogens with zero attached hydrogens (tertiary/aromatic N) is 3. The lowest BCUT2D eigenvalue weighted by molar-refractivity contribution is -0.115. The number of aryl methyl sites for hydroxylation is 3. The predicted molar refractivity (Wildman–Crippen MR) is 83.1 cm³/mol. The molecule has 3 aromatic heterocycles. The molecule has 0 saturated carbocycles. The van der Waals surface area contributed by atoms with E-state index in [2.05, 4.69) is 15.6 Å². The van der Waals surface area contributed by atoms with E-state index in [4.69, 9.17) is 8.94 Å². The Balaban J connectivity index is 1.69. The van der Waals surface area contributed by atoms with Gasteiger partial charge >= 0.3 is 0 Å². The highest BCUT2D eigenvalue weighted by Gasteiger charge is 2.15. The number of hydrogen-bond donors (Lipinski definition) is 1. The van der Waals surface area contributed by atoms with Crippen molar-refractivity contribution in [2.45, 2.75) is 33.7 Å². The van der Waals surface area contributed by atoms with Gasteiger partial charge in [0.05, 0.1) is 18.3 Å². The second-order valence-electron chi connectivity index (χ2n) is 5.41. The molecule has 0 saturated heterocycles. The van der Waals surface area contributed by atoms with Gasteiger partial charge in [0, 0.05) is 11.6 Å². The van der Waals surface area contributed by atoms with Crippen LogP contribution < -0.4 is 5.32 Å². The SMILES string of the molecule is Cc1ccc(Cn2nccc2NC(=O)Cc2c(C)noc2C)o1. The summed E-state index contributed by atoms with van der Waals surface area (Å²) in [6.07, 6.45) is 1.85. The van der Waals surface area contributed by atoms with Gasteiger partial charge in [0.1, 0.15) is 29.6 Å². The average molecular weight is 314 g/mol. The summed E-state index contributed by atoms with van der Waals surface area (Å²) in [5.41, 5.74) is 1.55. The third kappa shape index (κ3) is 3.33. The molecule has 0 fully saturated rings. The van der Waals surface area contributed by atoms with Crippen molar-refractivity contribution in [2.24, 2.45) is 0 Å². The lowest BCUT2D eigenvalue weighted by atomic mass is 10.1. The van der Waals surface area contributed by atoms with Crippen LogP contribution in [0.15, 0.2) is 33.3 Å². The minimum absolute atomic E-state index is 0.142. The number of nitrogens with one attached hydrogen (secondary N) is 1. The molecule has 0 atom stereocenters. The van der Waals surface area contributed by atoms with Crippen LogP contribution in [0.5, 0.6) is 0 Å². The minimum atomic E-state index is -0.142. The molecule has 0 bridgehead atoms. The lowest BCUT2D eigenvalue weighted by Crippen LogP contribution is -2.18. The van der Waals surface area contributed by atoms with Crippen LogP contribution in [0.1, 0.15) is 28.5 Å². The fraction of sp³-hybridized carbons (Fsp3) is 0.312. The van der Waals surface area contributed by atoms with Crippen LogP contribution in [0.3, 0.4) is 0 Å². The smallest absolute Gasteiger partial charge is 0.230 e. The Morgan fingerprint density at radius 2 is 2.09 bits per heavy atom. The van der Waals surface area contributed by atoms with Crippen molar-refractivity contribution >= 4 is 11.7 Å². The molecule has 0 aliphatic carbocycles. The zero-order valence-electron chi connectivity index (χ0n) is 13.3. The van der Waals surface area contributed by atoms with Gasteiger partial charge in [-0.15, -0.1) is 0 Å². The highest BCUT2D eigenvalue weighted by molar-refractivity contribution is 5.91. The third-order valence-electron chi connectivity index (χ3n) is 3.60. The number of carbonyl (C=O) groups excluding carboxylic acids is 1. The second-order valence-corrected chi connectivity index (χ2v) is 5.41. The normalized spacial score (nSPS) is 10.9. The molecule has 120 valence electrons. The van der Waals surface area contributed by atoms with E-state index in [1.165, 1.54) is 0 Å². The summed E-state index contributed by atoms with van der Waals surface area (Å²) in [4.78, 5) is 12.2. The second kappa shape index (κ2) is 6.12. The predicted octanol–water partition coefficient (Wildman–Crippen LogP) is 2.62. The van der Waals surface area contributed by atoms with E-state index >= 15 is 0 Å². The van der Waals surface area contributed by atoms with Crippen LogP contribution in [0.4, 0.5) is 5.82 Å². The summed E-state index contributed by atoms with van der Waals surface area (Å²) in [5.74, 6) is 2.77. The van der Waals surface area contributed by atoms with E-state index in [9.17, 15) is 4.79 Å². The van der Waals surface area contributed by atoms with Crippen LogP contribution in [-0.2, 0) is 17.8 Å². The van der Waals surface area contributed by atoms with E-state index in [-0.39, 0.29) is 12.3 Å². The molecule has 0 aliphatic rings. The summed E-state index contributed by atoms with van der Waals surface area (Å²) < 4.78 is 12.3. The Morgan fingerprint density at radius 1 is 1.26 bits per heavy atom. The first kappa shape index (κ1) is 15.1. The maximum absolute atomic E-state index is 12.2. The van der Waals surface area contributed by atoms with Gasteiger partial charge in [-0.2, -0.15) is 5.10 Å². The molecule has 23 heavy (non-hydrogen) atoms. The Morgan fingerprint density at radius 3 is 2.74 bits per heavy atom. The number of amides is 1. The summed E-state index contributed by atoms with van der Waals surface area (Å²) >= 11 is 0. The number of furan rings is 1. The van der Waals surface area contributed by atoms with Gasteiger partial charge in [-0.05, 0) is 32.9 Å². The molecular formula is C16H18N4O3. The van der Waals surface area contributed by atoms with Crippen molar-refractivity contribution in [3.05, 3.63) is 52.9 Å². The molecule has 1 amide bonds. The number of anilines is 1. The van der Waals surface area contributed by atoms with E-state index in [0.29, 0.717) is 18.1 Å². The Bertz CT molecular complexity index is 809. The molecule has 1 N–H and O–H groups in total. The molecule has 3 heterocycles.